The van der Waals surface area contributed by atoms with Crippen LogP contribution in [0.3, 0.4) is 0 Å². The molecule has 2 aromatic heterocycles. The van der Waals surface area contributed by atoms with E-state index in [0.29, 0.717) is 5.75 Å². The van der Waals surface area contributed by atoms with Gasteiger partial charge in [0.2, 0.25) is 0 Å². The first kappa shape index (κ1) is 18.4. The fourth-order valence-electron chi connectivity index (χ4n) is 3.31. The molecule has 0 atom stereocenters. The maximum absolute atomic E-state index is 13.0. The summed E-state index contributed by atoms with van der Waals surface area (Å²) in [6.45, 7) is 5.91. The van der Waals surface area contributed by atoms with Crippen molar-refractivity contribution >= 4 is 20.9 Å². The zero-order chi connectivity index (χ0) is 19.9. The van der Waals surface area contributed by atoms with E-state index in [4.69, 9.17) is 4.74 Å². The standard InChI is InChI=1S/C22H22N2O3S/c1-16(2)27-19-8-10-20(11-9-19)28(25,26)23-13-12-18(15-23)24-14-17(3)21-6-4-5-7-22(21)24/h4-16H,1-3H3. The lowest BCUT2D eigenvalue weighted by molar-refractivity contribution is 0.242. The van der Waals surface area contributed by atoms with Gasteiger partial charge in [-0.3, -0.25) is 0 Å². The van der Waals surface area contributed by atoms with E-state index in [1.54, 1.807) is 42.7 Å². The van der Waals surface area contributed by atoms with Crippen LogP contribution in [0.15, 0.2) is 78.1 Å². The molecule has 0 spiro atoms. The summed E-state index contributed by atoms with van der Waals surface area (Å²) < 4.78 is 34.8. The van der Waals surface area contributed by atoms with Gasteiger partial charge < -0.3 is 9.30 Å². The van der Waals surface area contributed by atoms with Crippen molar-refractivity contribution in [2.24, 2.45) is 0 Å². The zero-order valence-corrected chi connectivity index (χ0v) is 16.8. The van der Waals surface area contributed by atoms with E-state index in [1.165, 1.54) is 3.97 Å². The number of benzene rings is 2. The minimum absolute atomic E-state index is 0.0364. The Hall–Kier alpha value is -2.99. The van der Waals surface area contributed by atoms with Crippen LogP contribution in [0.4, 0.5) is 0 Å². The molecule has 2 aromatic carbocycles. The maximum Gasteiger partial charge on any atom is 0.267 e. The molecule has 0 aliphatic rings. The summed E-state index contributed by atoms with van der Waals surface area (Å²) in [5.74, 6) is 0.649. The predicted molar refractivity (Wildman–Crippen MR) is 111 cm³/mol. The van der Waals surface area contributed by atoms with Crippen molar-refractivity contribution in [2.45, 2.75) is 31.8 Å². The number of ether oxygens (including phenoxy) is 1. The molecule has 4 aromatic rings. The third-order valence-electron chi connectivity index (χ3n) is 4.61. The van der Waals surface area contributed by atoms with Crippen molar-refractivity contribution in [3.05, 3.63) is 78.8 Å². The second-order valence-electron chi connectivity index (χ2n) is 7.04. The van der Waals surface area contributed by atoms with Gasteiger partial charge in [-0.25, -0.2) is 12.4 Å². The fourth-order valence-corrected chi connectivity index (χ4v) is 4.50. The Balaban J connectivity index is 1.70. The fraction of sp³-hybridized carbons (Fsp3) is 0.182. The number of aromatic nitrogens is 2. The highest BCUT2D eigenvalue weighted by atomic mass is 32.2. The lowest BCUT2D eigenvalue weighted by Gasteiger charge is -2.10. The molecule has 5 nitrogen and oxygen atoms in total. The summed E-state index contributed by atoms with van der Waals surface area (Å²) in [4.78, 5) is 0.222. The van der Waals surface area contributed by atoms with E-state index in [0.717, 1.165) is 22.2 Å². The normalized spacial score (nSPS) is 12.0. The smallest absolute Gasteiger partial charge is 0.267 e. The van der Waals surface area contributed by atoms with Gasteiger partial charge in [0, 0.05) is 24.0 Å². The summed E-state index contributed by atoms with van der Waals surface area (Å²) >= 11 is 0. The number of fused-ring (bicyclic) bond motifs is 1. The van der Waals surface area contributed by atoms with Crippen LogP contribution in [0.2, 0.25) is 0 Å². The molecule has 0 unspecified atom stereocenters. The van der Waals surface area contributed by atoms with Gasteiger partial charge >= 0.3 is 0 Å². The molecule has 2 heterocycles. The monoisotopic (exact) mass is 394 g/mol. The molecule has 0 bridgehead atoms. The Kier molecular flexibility index (Phi) is 4.51. The van der Waals surface area contributed by atoms with Crippen LogP contribution in [0, 0.1) is 6.92 Å². The molecule has 0 N–H and O–H groups in total. The van der Waals surface area contributed by atoms with Crippen molar-refractivity contribution in [2.75, 3.05) is 0 Å². The lowest BCUT2D eigenvalue weighted by atomic mass is 10.2. The van der Waals surface area contributed by atoms with Crippen molar-refractivity contribution in [3.63, 3.8) is 0 Å². The van der Waals surface area contributed by atoms with Gasteiger partial charge in [0.15, 0.2) is 0 Å². The molecule has 0 amide bonds. The van der Waals surface area contributed by atoms with E-state index in [-0.39, 0.29) is 11.0 Å². The molecule has 0 fully saturated rings. The average molecular weight is 394 g/mol. The minimum Gasteiger partial charge on any atom is -0.491 e. The number of aryl methyl sites for hydroxylation is 1. The van der Waals surface area contributed by atoms with Crippen molar-refractivity contribution in [1.82, 2.24) is 8.54 Å². The Morgan fingerprint density at radius 1 is 0.929 bits per heavy atom. The predicted octanol–water partition coefficient (Wildman–Crippen LogP) is 4.76. The molecule has 28 heavy (non-hydrogen) atoms. The van der Waals surface area contributed by atoms with Gasteiger partial charge in [-0.05, 0) is 62.7 Å². The number of hydrogen-bond donors (Lipinski definition) is 0. The van der Waals surface area contributed by atoms with E-state index >= 15 is 0 Å². The van der Waals surface area contributed by atoms with Crippen LogP contribution in [0.1, 0.15) is 19.4 Å². The number of rotatable bonds is 5. The van der Waals surface area contributed by atoms with Crippen LogP contribution in [-0.2, 0) is 10.0 Å². The third-order valence-corrected chi connectivity index (χ3v) is 6.26. The molecule has 6 heteroatoms. The maximum atomic E-state index is 13.0. The molecule has 0 radical (unpaired) electrons. The Bertz CT molecular complexity index is 1230. The quantitative estimate of drug-likeness (QED) is 0.490. The highest BCUT2D eigenvalue weighted by Crippen LogP contribution is 2.26. The van der Waals surface area contributed by atoms with Crippen LogP contribution in [0.25, 0.3) is 16.6 Å². The van der Waals surface area contributed by atoms with Gasteiger partial charge in [-0.1, -0.05) is 18.2 Å². The molecule has 0 aliphatic heterocycles. The van der Waals surface area contributed by atoms with Crippen molar-refractivity contribution < 1.29 is 13.2 Å². The summed E-state index contributed by atoms with van der Waals surface area (Å²) in [6.07, 6.45) is 5.27. The van der Waals surface area contributed by atoms with E-state index in [1.807, 2.05) is 49.7 Å². The van der Waals surface area contributed by atoms with Crippen molar-refractivity contribution in [1.29, 1.82) is 0 Å². The summed E-state index contributed by atoms with van der Waals surface area (Å²) in [7, 11) is -3.67. The summed E-state index contributed by atoms with van der Waals surface area (Å²) in [6, 6.07) is 16.4. The molecule has 0 saturated carbocycles. The Morgan fingerprint density at radius 2 is 1.64 bits per heavy atom. The van der Waals surface area contributed by atoms with Crippen LogP contribution in [0.5, 0.6) is 5.75 Å². The van der Waals surface area contributed by atoms with Crippen molar-refractivity contribution in [3.8, 4) is 11.4 Å². The van der Waals surface area contributed by atoms with Crippen LogP contribution in [-0.4, -0.2) is 23.1 Å². The van der Waals surface area contributed by atoms with Gasteiger partial charge in [0.1, 0.15) is 5.75 Å². The van der Waals surface area contributed by atoms with Gasteiger partial charge in [0.25, 0.3) is 10.0 Å². The van der Waals surface area contributed by atoms with Crippen LogP contribution < -0.4 is 4.74 Å². The highest BCUT2D eigenvalue weighted by Gasteiger charge is 2.18. The highest BCUT2D eigenvalue weighted by molar-refractivity contribution is 7.90. The van der Waals surface area contributed by atoms with E-state index in [9.17, 15) is 8.42 Å². The Labute approximate surface area is 164 Å². The summed E-state index contributed by atoms with van der Waals surface area (Å²) in [5, 5.41) is 1.15. The first-order valence-electron chi connectivity index (χ1n) is 9.13. The largest absolute Gasteiger partial charge is 0.491 e. The van der Waals surface area contributed by atoms with Gasteiger partial charge in [-0.15, -0.1) is 0 Å². The lowest BCUT2D eigenvalue weighted by Crippen LogP contribution is -2.11. The van der Waals surface area contributed by atoms with E-state index in [2.05, 4.69) is 6.07 Å². The first-order valence-corrected chi connectivity index (χ1v) is 10.6. The third kappa shape index (κ3) is 3.20. The molecular formula is C22H22N2O3S. The summed E-state index contributed by atoms with van der Waals surface area (Å²) in [5.41, 5.74) is 2.99. The second kappa shape index (κ2) is 6.87. The Morgan fingerprint density at radius 3 is 2.36 bits per heavy atom. The SMILES string of the molecule is Cc1cn(-c2ccn(S(=O)(=O)c3ccc(OC(C)C)cc3)c2)c2ccccc12. The molecule has 0 saturated heterocycles. The number of hydrogen-bond acceptors (Lipinski definition) is 3. The first-order chi connectivity index (χ1) is 13.4. The van der Waals surface area contributed by atoms with Crippen LogP contribution >= 0.6 is 0 Å². The second-order valence-corrected chi connectivity index (χ2v) is 8.89. The number of nitrogens with zero attached hydrogens (tertiary/aromatic N) is 2. The topological polar surface area (TPSA) is 53.2 Å². The molecular weight excluding hydrogens is 372 g/mol. The molecule has 4 rings (SSSR count). The van der Waals surface area contributed by atoms with E-state index < -0.39 is 10.0 Å². The van der Waals surface area contributed by atoms with Gasteiger partial charge in [0.05, 0.1) is 22.2 Å². The average Bonchev–Trinajstić information content (AvgIpc) is 3.28. The molecule has 0 aliphatic carbocycles. The zero-order valence-electron chi connectivity index (χ0n) is 16.0. The van der Waals surface area contributed by atoms with Gasteiger partial charge in [-0.2, -0.15) is 0 Å². The minimum atomic E-state index is -3.67. The molecule has 144 valence electrons. The number of para-hydroxylation sites is 1.